The molecule has 1 fully saturated rings. The molecule has 0 aromatic heterocycles. The van der Waals surface area contributed by atoms with Crippen LogP contribution in [0, 0.1) is 17.5 Å². The van der Waals surface area contributed by atoms with Crippen LogP contribution < -0.4 is 11.1 Å². The van der Waals surface area contributed by atoms with E-state index in [2.05, 4.69) is 5.32 Å². The van der Waals surface area contributed by atoms with Crippen molar-refractivity contribution < 1.29 is 13.2 Å². The Labute approximate surface area is 111 Å². The number of nitrogens with one attached hydrogen (secondary N) is 1. The normalized spacial score (nSPS) is 18.5. The molecule has 0 spiro atoms. The van der Waals surface area contributed by atoms with Crippen molar-refractivity contribution >= 4 is 0 Å². The lowest BCUT2D eigenvalue weighted by molar-refractivity contribution is 0.335. The summed E-state index contributed by atoms with van der Waals surface area (Å²) in [7, 11) is 0. The van der Waals surface area contributed by atoms with Crippen LogP contribution in [0.5, 0.6) is 0 Å². The van der Waals surface area contributed by atoms with Crippen molar-refractivity contribution in [3.8, 4) is 0 Å². The van der Waals surface area contributed by atoms with Crippen molar-refractivity contribution in [1.29, 1.82) is 0 Å². The van der Waals surface area contributed by atoms with E-state index < -0.39 is 23.5 Å². The van der Waals surface area contributed by atoms with Crippen LogP contribution in [0.25, 0.3) is 0 Å². The van der Waals surface area contributed by atoms with Gasteiger partial charge in [-0.2, -0.15) is 0 Å². The number of nitrogens with two attached hydrogens (primary N) is 1. The van der Waals surface area contributed by atoms with Gasteiger partial charge in [0, 0.05) is 30.3 Å². The van der Waals surface area contributed by atoms with Crippen molar-refractivity contribution in [2.45, 2.75) is 44.2 Å². The molecule has 106 valence electrons. The first-order valence-corrected chi connectivity index (χ1v) is 6.72. The van der Waals surface area contributed by atoms with Gasteiger partial charge in [0.05, 0.1) is 0 Å². The van der Waals surface area contributed by atoms with Crippen molar-refractivity contribution in [3.05, 3.63) is 35.1 Å². The molecule has 2 rings (SSSR count). The van der Waals surface area contributed by atoms with E-state index in [-0.39, 0.29) is 18.2 Å². The fraction of sp³-hybridized carbons (Fsp3) is 0.571. The minimum Gasteiger partial charge on any atom is -0.329 e. The molecule has 0 radical (unpaired) electrons. The number of rotatable bonds is 4. The molecule has 0 aliphatic heterocycles. The second-order valence-electron chi connectivity index (χ2n) is 5.08. The van der Waals surface area contributed by atoms with Crippen molar-refractivity contribution in [1.82, 2.24) is 5.32 Å². The van der Waals surface area contributed by atoms with E-state index in [9.17, 15) is 13.2 Å². The van der Waals surface area contributed by atoms with Gasteiger partial charge in [0.15, 0.2) is 11.6 Å². The first kappa shape index (κ1) is 14.3. The maximum atomic E-state index is 13.7. The highest BCUT2D eigenvalue weighted by atomic mass is 19.2. The number of hydrogen-bond donors (Lipinski definition) is 2. The fourth-order valence-electron chi connectivity index (χ4n) is 2.64. The summed E-state index contributed by atoms with van der Waals surface area (Å²) < 4.78 is 39.9. The molecule has 19 heavy (non-hydrogen) atoms. The van der Waals surface area contributed by atoms with Gasteiger partial charge in [-0.1, -0.05) is 19.3 Å². The Bertz CT molecular complexity index is 431. The van der Waals surface area contributed by atoms with Crippen LogP contribution in [0.2, 0.25) is 0 Å². The Morgan fingerprint density at radius 3 is 2.32 bits per heavy atom. The Morgan fingerprint density at radius 1 is 1.05 bits per heavy atom. The molecule has 0 saturated heterocycles. The molecule has 1 aromatic rings. The number of hydrogen-bond acceptors (Lipinski definition) is 2. The van der Waals surface area contributed by atoms with Crippen LogP contribution in [0.15, 0.2) is 12.1 Å². The van der Waals surface area contributed by atoms with E-state index in [4.69, 9.17) is 5.73 Å². The smallest absolute Gasteiger partial charge is 0.161 e. The summed E-state index contributed by atoms with van der Waals surface area (Å²) in [5.74, 6) is -2.97. The molecule has 1 aromatic carbocycles. The molecule has 1 aliphatic rings. The van der Waals surface area contributed by atoms with Crippen LogP contribution in [-0.2, 0) is 0 Å². The van der Waals surface area contributed by atoms with Gasteiger partial charge in [-0.05, 0) is 18.9 Å². The van der Waals surface area contributed by atoms with Crippen LogP contribution in [0.1, 0.15) is 43.7 Å². The predicted molar refractivity (Wildman–Crippen MR) is 68.1 cm³/mol. The quantitative estimate of drug-likeness (QED) is 0.827. The van der Waals surface area contributed by atoms with E-state index in [1.165, 1.54) is 6.42 Å². The molecule has 0 heterocycles. The third kappa shape index (κ3) is 3.48. The maximum absolute atomic E-state index is 13.7. The number of benzene rings is 1. The molecule has 1 unspecified atom stereocenters. The SMILES string of the molecule is NCC(NC1CCCCC1)c1cc(F)c(F)cc1F. The number of halogens is 3. The van der Waals surface area contributed by atoms with Crippen LogP contribution in [-0.4, -0.2) is 12.6 Å². The molecule has 1 aliphatic carbocycles. The predicted octanol–water partition coefficient (Wildman–Crippen LogP) is 3.03. The van der Waals surface area contributed by atoms with Gasteiger partial charge in [-0.3, -0.25) is 0 Å². The Kier molecular flexibility index (Phi) is 4.82. The Morgan fingerprint density at radius 2 is 1.68 bits per heavy atom. The van der Waals surface area contributed by atoms with E-state index >= 15 is 0 Å². The van der Waals surface area contributed by atoms with Crippen LogP contribution >= 0.6 is 0 Å². The summed E-state index contributed by atoms with van der Waals surface area (Å²) in [4.78, 5) is 0. The van der Waals surface area contributed by atoms with E-state index in [1.807, 2.05) is 0 Å². The summed E-state index contributed by atoms with van der Waals surface area (Å²) in [6.45, 7) is 0.151. The summed E-state index contributed by atoms with van der Waals surface area (Å²) in [6.07, 6.45) is 5.51. The zero-order valence-electron chi connectivity index (χ0n) is 10.8. The maximum Gasteiger partial charge on any atom is 0.161 e. The molecule has 1 saturated carbocycles. The van der Waals surface area contributed by atoms with E-state index in [0.717, 1.165) is 31.7 Å². The van der Waals surface area contributed by atoms with E-state index in [1.54, 1.807) is 0 Å². The Hall–Kier alpha value is -1.07. The molecule has 0 bridgehead atoms. The van der Waals surface area contributed by atoms with Crippen LogP contribution in [0.3, 0.4) is 0 Å². The lowest BCUT2D eigenvalue weighted by Gasteiger charge is -2.28. The highest BCUT2D eigenvalue weighted by molar-refractivity contribution is 5.24. The van der Waals surface area contributed by atoms with Gasteiger partial charge in [0.1, 0.15) is 5.82 Å². The lowest BCUT2D eigenvalue weighted by atomic mass is 9.94. The summed E-state index contributed by atoms with van der Waals surface area (Å²) in [5, 5.41) is 3.26. The first-order valence-electron chi connectivity index (χ1n) is 6.72. The molecule has 3 N–H and O–H groups in total. The zero-order chi connectivity index (χ0) is 13.8. The van der Waals surface area contributed by atoms with Gasteiger partial charge in [-0.25, -0.2) is 13.2 Å². The molecule has 5 heteroatoms. The second kappa shape index (κ2) is 6.39. The third-order valence-electron chi connectivity index (χ3n) is 3.69. The Balaban J connectivity index is 2.14. The third-order valence-corrected chi connectivity index (χ3v) is 3.69. The van der Waals surface area contributed by atoms with Crippen LogP contribution in [0.4, 0.5) is 13.2 Å². The van der Waals surface area contributed by atoms with Crippen molar-refractivity contribution in [2.24, 2.45) is 5.73 Å². The van der Waals surface area contributed by atoms with Crippen molar-refractivity contribution in [3.63, 3.8) is 0 Å². The van der Waals surface area contributed by atoms with Crippen molar-refractivity contribution in [2.75, 3.05) is 6.54 Å². The molecule has 1 atom stereocenters. The van der Waals surface area contributed by atoms with Gasteiger partial charge < -0.3 is 11.1 Å². The topological polar surface area (TPSA) is 38.0 Å². The molecule has 2 nitrogen and oxygen atoms in total. The van der Waals surface area contributed by atoms with Gasteiger partial charge in [0.2, 0.25) is 0 Å². The largest absolute Gasteiger partial charge is 0.329 e. The standard InChI is InChI=1S/C14H19F3N2/c15-11-7-13(17)12(16)6-10(11)14(8-18)19-9-4-2-1-3-5-9/h6-7,9,14,19H,1-5,8,18H2. The molecular weight excluding hydrogens is 253 g/mol. The summed E-state index contributed by atoms with van der Waals surface area (Å²) in [5.41, 5.74) is 5.74. The highest BCUT2D eigenvalue weighted by Crippen LogP contribution is 2.24. The van der Waals surface area contributed by atoms with Gasteiger partial charge >= 0.3 is 0 Å². The zero-order valence-corrected chi connectivity index (χ0v) is 10.8. The molecular formula is C14H19F3N2. The first-order chi connectivity index (χ1) is 9.11. The minimum absolute atomic E-state index is 0.104. The summed E-state index contributed by atoms with van der Waals surface area (Å²) >= 11 is 0. The highest BCUT2D eigenvalue weighted by Gasteiger charge is 2.22. The summed E-state index contributed by atoms with van der Waals surface area (Å²) in [6, 6.07) is 1.28. The molecule has 0 amide bonds. The minimum atomic E-state index is -1.17. The van der Waals surface area contributed by atoms with Gasteiger partial charge in [-0.15, -0.1) is 0 Å². The average Bonchev–Trinajstić information content (AvgIpc) is 2.42. The lowest BCUT2D eigenvalue weighted by Crippen LogP contribution is -2.38. The monoisotopic (exact) mass is 272 g/mol. The average molecular weight is 272 g/mol. The van der Waals surface area contributed by atoms with Gasteiger partial charge in [0.25, 0.3) is 0 Å². The fourth-order valence-corrected chi connectivity index (χ4v) is 2.64. The second-order valence-corrected chi connectivity index (χ2v) is 5.08. The van der Waals surface area contributed by atoms with E-state index in [0.29, 0.717) is 6.07 Å².